The first-order valence-electron chi connectivity index (χ1n) is 7.87. The number of aliphatic imine (C=N–C) groups is 1. The lowest BCUT2D eigenvalue weighted by Gasteiger charge is -2.09. The molecule has 2 aromatic rings. The molecular weight excluding hydrogens is 358 g/mol. The summed E-state index contributed by atoms with van der Waals surface area (Å²) < 4.78 is 24.0. The van der Waals surface area contributed by atoms with E-state index in [1.54, 1.807) is 19.1 Å². The number of nitrogens with zero attached hydrogens (tertiary/aromatic N) is 1. The highest BCUT2D eigenvalue weighted by molar-refractivity contribution is 7.91. The molecule has 5 nitrogen and oxygen atoms in total. The highest BCUT2D eigenvalue weighted by Gasteiger charge is 2.13. The van der Waals surface area contributed by atoms with Gasteiger partial charge in [0.05, 0.1) is 17.2 Å². The quantitative estimate of drug-likeness (QED) is 0.613. The van der Waals surface area contributed by atoms with E-state index in [0.29, 0.717) is 10.6 Å². The lowest BCUT2D eigenvalue weighted by Crippen LogP contribution is -2.22. The summed E-state index contributed by atoms with van der Waals surface area (Å²) in [4.78, 5) is 4.47. The van der Waals surface area contributed by atoms with Crippen molar-refractivity contribution >= 4 is 33.1 Å². The van der Waals surface area contributed by atoms with Gasteiger partial charge in [-0.2, -0.15) is 0 Å². The number of anilines is 1. The summed E-state index contributed by atoms with van der Waals surface area (Å²) in [5, 5.41) is 3.40. The Balaban J connectivity index is 2.18. The van der Waals surface area contributed by atoms with Crippen LogP contribution in [0.2, 0.25) is 5.02 Å². The first-order valence-corrected chi connectivity index (χ1v) is 9.90. The van der Waals surface area contributed by atoms with Crippen molar-refractivity contribution in [3.05, 3.63) is 58.1 Å². The molecular formula is C18H22ClN3O2S. The summed E-state index contributed by atoms with van der Waals surface area (Å²) in [5.74, 6) is 0.275. The third-order valence-corrected chi connectivity index (χ3v) is 5.53. The molecule has 0 atom stereocenters. The SMILES string of the molecule is CCS(=O)(=O)c1cc(Cl)cc(CN=C(N)Nc2cc(C)cc(C)c2)c1. The van der Waals surface area contributed by atoms with E-state index >= 15 is 0 Å². The van der Waals surface area contributed by atoms with Crippen LogP contribution in [0.4, 0.5) is 5.69 Å². The molecule has 0 fully saturated rings. The molecule has 0 radical (unpaired) electrons. The van der Waals surface area contributed by atoms with Gasteiger partial charge in [0, 0.05) is 10.7 Å². The molecule has 0 bridgehead atoms. The highest BCUT2D eigenvalue weighted by atomic mass is 35.5. The van der Waals surface area contributed by atoms with Crippen LogP contribution in [0.25, 0.3) is 0 Å². The second kappa shape index (κ2) is 7.89. The fraction of sp³-hybridized carbons (Fsp3) is 0.278. The second-order valence-electron chi connectivity index (χ2n) is 5.90. The first-order chi connectivity index (χ1) is 11.7. The Kier molecular flexibility index (Phi) is 6.08. The number of sulfone groups is 1. The van der Waals surface area contributed by atoms with Crippen LogP contribution in [0, 0.1) is 13.8 Å². The maximum Gasteiger partial charge on any atom is 0.193 e. The largest absolute Gasteiger partial charge is 0.370 e. The lowest BCUT2D eigenvalue weighted by atomic mass is 10.1. The average Bonchev–Trinajstić information content (AvgIpc) is 2.51. The van der Waals surface area contributed by atoms with E-state index < -0.39 is 9.84 Å². The van der Waals surface area contributed by atoms with E-state index in [4.69, 9.17) is 17.3 Å². The Morgan fingerprint density at radius 3 is 2.36 bits per heavy atom. The number of guanidine groups is 1. The summed E-state index contributed by atoms with van der Waals surface area (Å²) in [6, 6.07) is 10.7. The van der Waals surface area contributed by atoms with Crippen molar-refractivity contribution in [1.29, 1.82) is 0 Å². The van der Waals surface area contributed by atoms with Crippen molar-refractivity contribution < 1.29 is 8.42 Å². The molecule has 0 aliphatic rings. The minimum absolute atomic E-state index is 0.0203. The Bertz CT molecular complexity index is 888. The minimum atomic E-state index is -3.32. The fourth-order valence-corrected chi connectivity index (χ4v) is 3.76. The lowest BCUT2D eigenvalue weighted by molar-refractivity contribution is 0.597. The van der Waals surface area contributed by atoms with Gasteiger partial charge in [0.2, 0.25) is 0 Å². The number of halogens is 1. The van der Waals surface area contributed by atoms with Gasteiger partial charge in [-0.05, 0) is 60.9 Å². The van der Waals surface area contributed by atoms with Crippen LogP contribution in [-0.2, 0) is 16.4 Å². The number of hydrogen-bond donors (Lipinski definition) is 2. The van der Waals surface area contributed by atoms with E-state index in [-0.39, 0.29) is 23.2 Å². The Hall–Kier alpha value is -2.05. The van der Waals surface area contributed by atoms with Gasteiger partial charge in [0.15, 0.2) is 15.8 Å². The third-order valence-electron chi connectivity index (χ3n) is 3.60. The number of benzene rings is 2. The molecule has 0 heterocycles. The normalized spacial score (nSPS) is 12.2. The molecule has 3 N–H and O–H groups in total. The van der Waals surface area contributed by atoms with Gasteiger partial charge in [0.1, 0.15) is 0 Å². The minimum Gasteiger partial charge on any atom is -0.370 e. The van der Waals surface area contributed by atoms with Crippen LogP contribution < -0.4 is 11.1 Å². The Morgan fingerprint density at radius 2 is 1.76 bits per heavy atom. The van der Waals surface area contributed by atoms with Gasteiger partial charge >= 0.3 is 0 Å². The standard InChI is InChI=1S/C18H22ClN3O2S/c1-4-25(23,24)17-9-14(8-15(19)10-17)11-21-18(20)22-16-6-12(2)5-13(3)7-16/h5-10H,4,11H2,1-3H3,(H3,20,21,22). The number of nitrogens with two attached hydrogens (primary N) is 1. The number of aryl methyl sites for hydroxylation is 2. The van der Waals surface area contributed by atoms with Gasteiger partial charge in [0.25, 0.3) is 0 Å². The molecule has 2 aromatic carbocycles. The van der Waals surface area contributed by atoms with Crippen molar-refractivity contribution in [2.45, 2.75) is 32.2 Å². The van der Waals surface area contributed by atoms with Gasteiger partial charge in [-0.25, -0.2) is 13.4 Å². The van der Waals surface area contributed by atoms with Crippen molar-refractivity contribution in [3.8, 4) is 0 Å². The third kappa shape index (κ3) is 5.47. The summed E-state index contributed by atoms with van der Waals surface area (Å²) in [7, 11) is -3.32. The van der Waals surface area contributed by atoms with E-state index in [9.17, 15) is 8.42 Å². The van der Waals surface area contributed by atoms with Gasteiger partial charge in [-0.1, -0.05) is 24.6 Å². The first kappa shape index (κ1) is 19.3. The van der Waals surface area contributed by atoms with E-state index in [0.717, 1.165) is 16.8 Å². The Labute approximate surface area is 153 Å². The van der Waals surface area contributed by atoms with Crippen LogP contribution in [-0.4, -0.2) is 20.1 Å². The summed E-state index contributed by atoms with van der Waals surface area (Å²) in [6.07, 6.45) is 0. The molecule has 0 saturated heterocycles. The predicted molar refractivity (Wildman–Crippen MR) is 104 cm³/mol. The van der Waals surface area contributed by atoms with Crippen molar-refractivity contribution in [2.75, 3.05) is 11.1 Å². The molecule has 0 unspecified atom stereocenters. The zero-order chi connectivity index (χ0) is 18.6. The van der Waals surface area contributed by atoms with Crippen LogP contribution >= 0.6 is 11.6 Å². The van der Waals surface area contributed by atoms with Gasteiger partial charge < -0.3 is 11.1 Å². The molecule has 0 aliphatic carbocycles. The number of hydrogen-bond acceptors (Lipinski definition) is 3. The van der Waals surface area contributed by atoms with Gasteiger partial charge in [-0.15, -0.1) is 0 Å². The zero-order valence-electron chi connectivity index (χ0n) is 14.5. The molecule has 25 heavy (non-hydrogen) atoms. The molecule has 0 aromatic heterocycles. The van der Waals surface area contributed by atoms with E-state index in [1.807, 2.05) is 26.0 Å². The Morgan fingerprint density at radius 1 is 1.12 bits per heavy atom. The van der Waals surface area contributed by atoms with Crippen LogP contribution in [0.1, 0.15) is 23.6 Å². The average molecular weight is 380 g/mol. The van der Waals surface area contributed by atoms with Crippen molar-refractivity contribution in [3.63, 3.8) is 0 Å². The molecule has 0 aliphatic heterocycles. The second-order valence-corrected chi connectivity index (χ2v) is 8.62. The van der Waals surface area contributed by atoms with Crippen LogP contribution in [0.5, 0.6) is 0 Å². The van der Waals surface area contributed by atoms with Crippen LogP contribution in [0.15, 0.2) is 46.3 Å². The number of rotatable bonds is 5. The smallest absolute Gasteiger partial charge is 0.193 e. The summed E-state index contributed by atoms with van der Waals surface area (Å²) in [5.41, 5.74) is 9.72. The zero-order valence-corrected chi connectivity index (χ0v) is 16.1. The number of nitrogens with one attached hydrogen (secondary N) is 1. The molecule has 0 amide bonds. The summed E-state index contributed by atoms with van der Waals surface area (Å²) >= 11 is 6.03. The van der Waals surface area contributed by atoms with E-state index in [2.05, 4.69) is 16.4 Å². The van der Waals surface area contributed by atoms with Gasteiger partial charge in [-0.3, -0.25) is 0 Å². The monoisotopic (exact) mass is 379 g/mol. The molecule has 0 spiro atoms. The fourth-order valence-electron chi connectivity index (χ4n) is 2.47. The maximum atomic E-state index is 12.0. The van der Waals surface area contributed by atoms with E-state index in [1.165, 1.54) is 6.07 Å². The molecule has 2 rings (SSSR count). The van der Waals surface area contributed by atoms with Crippen molar-refractivity contribution in [1.82, 2.24) is 0 Å². The molecule has 0 saturated carbocycles. The molecule has 7 heteroatoms. The topological polar surface area (TPSA) is 84.5 Å². The summed E-state index contributed by atoms with van der Waals surface area (Å²) in [6.45, 7) is 5.84. The maximum absolute atomic E-state index is 12.0. The highest BCUT2D eigenvalue weighted by Crippen LogP contribution is 2.21. The van der Waals surface area contributed by atoms with Crippen molar-refractivity contribution in [2.24, 2.45) is 10.7 Å². The molecule has 134 valence electrons. The predicted octanol–water partition coefficient (Wildman–Crippen LogP) is 3.68. The van der Waals surface area contributed by atoms with Crippen LogP contribution in [0.3, 0.4) is 0 Å².